The summed E-state index contributed by atoms with van der Waals surface area (Å²) in [5, 5.41) is 13.4. The van der Waals surface area contributed by atoms with Gasteiger partial charge in [0, 0.05) is 18.6 Å². The van der Waals surface area contributed by atoms with Gasteiger partial charge in [-0.2, -0.15) is 5.26 Å². The van der Waals surface area contributed by atoms with E-state index in [0.717, 1.165) is 12.5 Å². The number of rotatable bonds is 6. The van der Waals surface area contributed by atoms with Crippen LogP contribution in [0.4, 0.5) is 0 Å². The van der Waals surface area contributed by atoms with Gasteiger partial charge in [0.1, 0.15) is 5.54 Å². The van der Waals surface area contributed by atoms with Crippen LogP contribution in [0.2, 0.25) is 0 Å². The summed E-state index contributed by atoms with van der Waals surface area (Å²) >= 11 is 0. The van der Waals surface area contributed by atoms with Gasteiger partial charge in [0.15, 0.2) is 0 Å². The van der Waals surface area contributed by atoms with Crippen LogP contribution in [0, 0.1) is 23.2 Å². The normalized spacial score (nSPS) is 30.2. The zero-order valence-corrected chi connectivity index (χ0v) is 13.7. The average Bonchev–Trinajstić information content (AvgIpc) is 3.22. The molecule has 0 heterocycles. The van der Waals surface area contributed by atoms with Gasteiger partial charge in [-0.05, 0) is 71.3 Å². The molecule has 3 nitrogen and oxygen atoms in total. The lowest BCUT2D eigenvalue weighted by Gasteiger charge is -2.39. The SMILES string of the molecule is CC1CCC(N(C)CC(C#N)(NC(C)C)C2CC2)CC1. The van der Waals surface area contributed by atoms with Crippen LogP contribution in [0.1, 0.15) is 59.3 Å². The second-order valence-electron chi connectivity index (χ2n) is 7.49. The van der Waals surface area contributed by atoms with Crippen molar-refractivity contribution in [1.82, 2.24) is 10.2 Å². The van der Waals surface area contributed by atoms with Crippen LogP contribution < -0.4 is 5.32 Å². The van der Waals surface area contributed by atoms with Gasteiger partial charge in [-0.3, -0.25) is 5.32 Å². The Balaban J connectivity index is 1.98. The number of nitrogens with zero attached hydrogens (tertiary/aromatic N) is 2. The van der Waals surface area contributed by atoms with Gasteiger partial charge in [-0.25, -0.2) is 0 Å². The van der Waals surface area contributed by atoms with Gasteiger partial charge in [0.2, 0.25) is 0 Å². The first-order valence-electron chi connectivity index (χ1n) is 8.36. The third kappa shape index (κ3) is 3.74. The zero-order chi connectivity index (χ0) is 14.8. The molecule has 114 valence electrons. The summed E-state index contributed by atoms with van der Waals surface area (Å²) in [6, 6.07) is 3.68. The minimum Gasteiger partial charge on any atom is -0.301 e. The van der Waals surface area contributed by atoms with E-state index in [4.69, 9.17) is 0 Å². The van der Waals surface area contributed by atoms with E-state index < -0.39 is 0 Å². The van der Waals surface area contributed by atoms with Crippen molar-refractivity contribution in [3.8, 4) is 6.07 Å². The Bertz CT molecular complexity index is 348. The molecule has 1 atom stereocenters. The van der Waals surface area contributed by atoms with E-state index in [1.807, 2.05) is 0 Å². The second-order valence-corrected chi connectivity index (χ2v) is 7.49. The molecule has 2 aliphatic carbocycles. The highest BCUT2D eigenvalue weighted by Gasteiger charge is 2.47. The van der Waals surface area contributed by atoms with E-state index in [9.17, 15) is 5.26 Å². The summed E-state index contributed by atoms with van der Waals surface area (Å²) in [4.78, 5) is 2.46. The van der Waals surface area contributed by atoms with Crippen LogP contribution in [0.3, 0.4) is 0 Å². The van der Waals surface area contributed by atoms with E-state index in [1.54, 1.807) is 0 Å². The summed E-state index contributed by atoms with van der Waals surface area (Å²) in [5.74, 6) is 1.44. The summed E-state index contributed by atoms with van der Waals surface area (Å²) in [6.07, 6.45) is 7.70. The predicted octanol–water partition coefficient (Wildman–Crippen LogP) is 3.17. The van der Waals surface area contributed by atoms with E-state index in [1.165, 1.54) is 38.5 Å². The highest BCUT2D eigenvalue weighted by atomic mass is 15.2. The predicted molar refractivity (Wildman–Crippen MR) is 83.4 cm³/mol. The Morgan fingerprint density at radius 1 is 1.20 bits per heavy atom. The first-order chi connectivity index (χ1) is 9.47. The molecule has 0 aromatic heterocycles. The van der Waals surface area contributed by atoms with E-state index in [2.05, 4.69) is 44.1 Å². The number of hydrogen-bond donors (Lipinski definition) is 1. The van der Waals surface area contributed by atoms with Crippen molar-refractivity contribution in [2.75, 3.05) is 13.6 Å². The minimum atomic E-state index is -0.327. The van der Waals surface area contributed by atoms with Gasteiger partial charge >= 0.3 is 0 Å². The lowest BCUT2D eigenvalue weighted by molar-refractivity contribution is 0.130. The zero-order valence-electron chi connectivity index (χ0n) is 13.7. The summed E-state index contributed by atoms with van der Waals surface area (Å²) < 4.78 is 0. The van der Waals surface area contributed by atoms with Crippen molar-refractivity contribution in [3.05, 3.63) is 0 Å². The van der Waals surface area contributed by atoms with Crippen molar-refractivity contribution >= 4 is 0 Å². The molecule has 0 aliphatic heterocycles. The van der Waals surface area contributed by atoms with Crippen LogP contribution >= 0.6 is 0 Å². The lowest BCUT2D eigenvalue weighted by atomic mass is 9.85. The monoisotopic (exact) mass is 277 g/mol. The first-order valence-corrected chi connectivity index (χ1v) is 8.36. The Morgan fingerprint density at radius 3 is 2.25 bits per heavy atom. The van der Waals surface area contributed by atoms with Gasteiger partial charge < -0.3 is 4.90 Å². The van der Waals surface area contributed by atoms with Gasteiger partial charge in [0.25, 0.3) is 0 Å². The Labute approximate surface area is 124 Å². The average molecular weight is 277 g/mol. The summed E-state index contributed by atoms with van der Waals surface area (Å²) in [5.41, 5.74) is -0.327. The minimum absolute atomic E-state index is 0.327. The summed E-state index contributed by atoms with van der Waals surface area (Å²) in [7, 11) is 2.22. The number of hydrogen-bond acceptors (Lipinski definition) is 3. The Morgan fingerprint density at radius 2 is 1.80 bits per heavy atom. The number of nitrogens with one attached hydrogen (secondary N) is 1. The van der Waals surface area contributed by atoms with Crippen LogP contribution in [-0.2, 0) is 0 Å². The molecule has 1 N–H and O–H groups in total. The molecule has 0 saturated heterocycles. The van der Waals surface area contributed by atoms with Crippen molar-refractivity contribution in [2.45, 2.75) is 76.9 Å². The lowest BCUT2D eigenvalue weighted by Crippen LogP contribution is -2.57. The van der Waals surface area contributed by atoms with Crippen molar-refractivity contribution in [1.29, 1.82) is 5.26 Å². The second kappa shape index (κ2) is 6.45. The van der Waals surface area contributed by atoms with Crippen LogP contribution in [0.5, 0.6) is 0 Å². The van der Waals surface area contributed by atoms with Gasteiger partial charge in [0.05, 0.1) is 6.07 Å². The highest BCUT2D eigenvalue weighted by molar-refractivity contribution is 5.17. The van der Waals surface area contributed by atoms with Crippen molar-refractivity contribution in [3.63, 3.8) is 0 Å². The molecule has 2 saturated carbocycles. The molecule has 0 radical (unpaired) electrons. The van der Waals surface area contributed by atoms with Gasteiger partial charge in [-0.15, -0.1) is 0 Å². The fourth-order valence-corrected chi connectivity index (χ4v) is 3.75. The smallest absolute Gasteiger partial charge is 0.122 e. The standard InChI is InChI=1S/C17H31N3/c1-13(2)19-17(11-18,15-7-8-15)12-20(4)16-9-5-14(3)6-10-16/h13-16,19H,5-10,12H2,1-4H3. The Hall–Kier alpha value is -0.590. The molecule has 2 fully saturated rings. The van der Waals surface area contributed by atoms with Gasteiger partial charge in [-0.1, -0.05) is 6.92 Å². The topological polar surface area (TPSA) is 39.1 Å². The fraction of sp³-hybridized carbons (Fsp3) is 0.941. The third-order valence-electron chi connectivity index (χ3n) is 5.13. The first kappa shape index (κ1) is 15.8. The maximum Gasteiger partial charge on any atom is 0.122 e. The molecule has 1 unspecified atom stereocenters. The molecule has 0 bridgehead atoms. The molecular formula is C17H31N3. The molecule has 2 aliphatic rings. The maximum atomic E-state index is 9.79. The van der Waals surface area contributed by atoms with E-state index >= 15 is 0 Å². The van der Waals surface area contributed by atoms with E-state index in [-0.39, 0.29) is 5.54 Å². The number of likely N-dealkylation sites (N-methyl/N-ethyl adjacent to an activating group) is 1. The molecule has 3 heteroatoms. The van der Waals surface area contributed by atoms with Crippen LogP contribution in [0.25, 0.3) is 0 Å². The number of nitriles is 1. The van der Waals surface area contributed by atoms with Crippen LogP contribution in [0.15, 0.2) is 0 Å². The maximum absolute atomic E-state index is 9.79. The van der Waals surface area contributed by atoms with E-state index in [0.29, 0.717) is 18.0 Å². The largest absolute Gasteiger partial charge is 0.301 e. The Kier molecular flexibility index (Phi) is 5.09. The van der Waals surface area contributed by atoms with Crippen molar-refractivity contribution in [2.24, 2.45) is 11.8 Å². The molecule has 0 amide bonds. The molecule has 0 aromatic carbocycles. The van der Waals surface area contributed by atoms with Crippen molar-refractivity contribution < 1.29 is 0 Å². The fourth-order valence-electron chi connectivity index (χ4n) is 3.75. The quantitative estimate of drug-likeness (QED) is 0.810. The molecule has 0 spiro atoms. The summed E-state index contributed by atoms with van der Waals surface area (Å²) in [6.45, 7) is 7.54. The molecule has 20 heavy (non-hydrogen) atoms. The highest BCUT2D eigenvalue weighted by Crippen LogP contribution is 2.41. The third-order valence-corrected chi connectivity index (χ3v) is 5.13. The molecular weight excluding hydrogens is 246 g/mol. The molecule has 2 rings (SSSR count). The van der Waals surface area contributed by atoms with Crippen LogP contribution in [-0.4, -0.2) is 36.1 Å². The molecule has 0 aromatic rings.